The van der Waals surface area contributed by atoms with E-state index in [2.05, 4.69) is 10.3 Å². The number of halogens is 1. The number of likely N-dealkylation sites (N-methyl/N-ethyl adjacent to an activating group) is 2. The van der Waals surface area contributed by atoms with Crippen molar-refractivity contribution >= 4 is 17.7 Å². The van der Waals surface area contributed by atoms with Gasteiger partial charge in [-0.25, -0.2) is 9.37 Å². The summed E-state index contributed by atoms with van der Waals surface area (Å²) in [4.78, 5) is 60.4. The number of rotatable bonds is 6. The second kappa shape index (κ2) is 11.0. The van der Waals surface area contributed by atoms with Gasteiger partial charge >= 0.3 is 11.8 Å². The third-order valence-electron chi connectivity index (χ3n) is 8.49. The molecule has 214 valence electrons. The monoisotopic (exact) mass is 555 g/mol. The number of amides is 3. The molecule has 4 heterocycles. The number of carbonyl (C=O) groups excluding carboxylic acids is 3. The molecule has 11 nitrogen and oxygen atoms in total. The van der Waals surface area contributed by atoms with E-state index in [4.69, 9.17) is 4.74 Å². The minimum Gasteiger partial charge on any atom is -0.501 e. The van der Waals surface area contributed by atoms with Crippen LogP contribution in [-0.2, 0) is 33.0 Å². The van der Waals surface area contributed by atoms with Crippen LogP contribution in [0.3, 0.4) is 0 Å². The molecule has 0 spiro atoms. The Hall–Kier alpha value is -3.80. The Morgan fingerprint density at radius 3 is 2.50 bits per heavy atom. The lowest BCUT2D eigenvalue weighted by Crippen LogP contribution is -2.55. The zero-order chi connectivity index (χ0) is 28.6. The van der Waals surface area contributed by atoms with Gasteiger partial charge in [-0.1, -0.05) is 12.1 Å². The van der Waals surface area contributed by atoms with Crippen molar-refractivity contribution in [1.29, 1.82) is 0 Å². The van der Waals surface area contributed by atoms with Crippen molar-refractivity contribution in [1.82, 2.24) is 24.7 Å². The van der Waals surface area contributed by atoms with Gasteiger partial charge in [0.1, 0.15) is 17.2 Å². The molecule has 1 saturated heterocycles. The third kappa shape index (κ3) is 5.07. The first kappa shape index (κ1) is 27.8. The Morgan fingerprint density at radius 2 is 1.85 bits per heavy atom. The second-order valence-corrected chi connectivity index (χ2v) is 11.0. The molecule has 4 aliphatic rings. The Kier molecular flexibility index (Phi) is 7.63. The first-order chi connectivity index (χ1) is 19.1. The van der Waals surface area contributed by atoms with Gasteiger partial charge in [-0.05, 0) is 62.1 Å². The molecular formula is C28H34FN5O6. The lowest BCUT2D eigenvalue weighted by molar-refractivity contribution is -0.156. The van der Waals surface area contributed by atoms with E-state index < -0.39 is 46.1 Å². The summed E-state index contributed by atoms with van der Waals surface area (Å²) in [6.45, 7) is 1.25. The number of ether oxygens (including phenoxy) is 1. The summed E-state index contributed by atoms with van der Waals surface area (Å²) < 4.78 is 20.2. The van der Waals surface area contributed by atoms with Crippen LogP contribution in [0.2, 0.25) is 0 Å². The molecule has 3 amide bonds. The van der Waals surface area contributed by atoms with Gasteiger partial charge in [-0.3, -0.25) is 23.7 Å². The predicted molar refractivity (Wildman–Crippen MR) is 141 cm³/mol. The van der Waals surface area contributed by atoms with Crippen molar-refractivity contribution in [2.75, 3.05) is 27.2 Å². The van der Waals surface area contributed by atoms with Crippen LogP contribution in [0.25, 0.3) is 0 Å². The summed E-state index contributed by atoms with van der Waals surface area (Å²) in [5, 5.41) is 13.3. The molecular weight excluding hydrogens is 521 g/mol. The zero-order valence-electron chi connectivity index (χ0n) is 22.7. The number of fused-ring (bicyclic) bond motifs is 2. The molecule has 2 N–H and O–H groups in total. The fourth-order valence-electron chi connectivity index (χ4n) is 6.08. The van der Waals surface area contributed by atoms with Crippen LogP contribution in [0.15, 0.2) is 29.1 Å². The average molecular weight is 556 g/mol. The van der Waals surface area contributed by atoms with E-state index in [1.54, 1.807) is 7.05 Å². The number of nitrogens with one attached hydrogen (secondary N) is 1. The van der Waals surface area contributed by atoms with E-state index in [0.717, 1.165) is 12.8 Å². The summed E-state index contributed by atoms with van der Waals surface area (Å²) in [7, 11) is 3.10. The molecule has 1 aliphatic carbocycles. The Labute approximate surface area is 230 Å². The summed E-state index contributed by atoms with van der Waals surface area (Å²) in [5.41, 5.74) is -1.71. The maximum atomic E-state index is 13.5. The Morgan fingerprint density at radius 1 is 1.15 bits per heavy atom. The number of aromatic hydroxyl groups is 1. The molecule has 2 fully saturated rings. The van der Waals surface area contributed by atoms with Gasteiger partial charge in [0, 0.05) is 40.3 Å². The normalized spacial score (nSPS) is 23.3. The van der Waals surface area contributed by atoms with Crippen molar-refractivity contribution in [2.45, 2.75) is 63.3 Å². The summed E-state index contributed by atoms with van der Waals surface area (Å²) in [5.74, 6) is -3.08. The number of aromatic nitrogens is 2. The van der Waals surface area contributed by atoms with Crippen LogP contribution < -0.4 is 10.9 Å². The predicted octanol–water partition coefficient (Wildman–Crippen LogP) is 1.51. The molecule has 1 saturated carbocycles. The molecule has 1 aromatic heterocycles. The molecule has 1 unspecified atom stereocenters. The van der Waals surface area contributed by atoms with Gasteiger partial charge < -0.3 is 25.0 Å². The number of benzene rings is 1. The molecule has 2 bridgehead atoms. The van der Waals surface area contributed by atoms with E-state index in [0.29, 0.717) is 50.9 Å². The van der Waals surface area contributed by atoms with Crippen molar-refractivity contribution in [2.24, 2.45) is 5.92 Å². The van der Waals surface area contributed by atoms with Crippen LogP contribution >= 0.6 is 0 Å². The first-order valence-corrected chi connectivity index (χ1v) is 13.6. The highest BCUT2D eigenvalue weighted by atomic mass is 19.1. The lowest BCUT2D eigenvalue weighted by atomic mass is 9.76. The van der Waals surface area contributed by atoms with Crippen molar-refractivity contribution in [3.63, 3.8) is 0 Å². The number of hydrogen-bond acceptors (Lipinski definition) is 7. The highest BCUT2D eigenvalue weighted by Crippen LogP contribution is 2.46. The van der Waals surface area contributed by atoms with Crippen LogP contribution in [0.5, 0.6) is 5.75 Å². The van der Waals surface area contributed by atoms with Crippen LogP contribution in [-0.4, -0.2) is 75.5 Å². The molecule has 6 rings (SSSR count). The summed E-state index contributed by atoms with van der Waals surface area (Å²) >= 11 is 0. The van der Waals surface area contributed by atoms with Crippen molar-refractivity contribution < 1.29 is 28.6 Å². The van der Waals surface area contributed by atoms with Gasteiger partial charge in [0.15, 0.2) is 5.69 Å². The molecule has 12 heteroatoms. The molecule has 1 atom stereocenters. The molecule has 40 heavy (non-hydrogen) atoms. The second-order valence-electron chi connectivity index (χ2n) is 11.0. The molecule has 2 aromatic rings. The topological polar surface area (TPSA) is 134 Å². The van der Waals surface area contributed by atoms with Crippen molar-refractivity contribution in [3.8, 4) is 5.75 Å². The van der Waals surface area contributed by atoms with Gasteiger partial charge in [-0.2, -0.15) is 0 Å². The minimum absolute atomic E-state index is 0.0236. The Bertz CT molecular complexity index is 1360. The quantitative estimate of drug-likeness (QED) is 0.516. The van der Waals surface area contributed by atoms with Crippen LogP contribution in [0, 0.1) is 11.7 Å². The average Bonchev–Trinajstić information content (AvgIpc) is 3.35. The van der Waals surface area contributed by atoms with Crippen LogP contribution in [0.4, 0.5) is 4.39 Å². The van der Waals surface area contributed by atoms with E-state index in [-0.39, 0.29) is 24.4 Å². The lowest BCUT2D eigenvalue weighted by Gasteiger charge is -2.43. The number of carbonyl (C=O) groups is 3. The van der Waals surface area contributed by atoms with E-state index in [1.165, 1.54) is 45.7 Å². The van der Waals surface area contributed by atoms with E-state index >= 15 is 0 Å². The summed E-state index contributed by atoms with van der Waals surface area (Å²) in [6, 6.07) is 5.54. The largest absolute Gasteiger partial charge is 0.501 e. The van der Waals surface area contributed by atoms with Gasteiger partial charge in [-0.15, -0.1) is 0 Å². The standard InChI is InChI=1S/C28H34FN5O6/c1-32(16-20-4-3-13-40-20)25(38)26(39)33(2)28-11-9-18(10-12-28)15-34-24(37)22(35)21(31-27(28)34)23(36)30-14-17-5-7-19(29)8-6-17/h5-8,18,20,35H,3-4,9-16H2,1-2H3,(H,30,36). The van der Waals surface area contributed by atoms with Gasteiger partial charge in [0.25, 0.3) is 11.5 Å². The maximum Gasteiger partial charge on any atom is 0.312 e. The SMILES string of the molecule is CN(CC1CCCO1)C(=O)C(=O)N(C)C12CCC(CC1)Cn1c2nc(C(=O)NCc2ccc(F)cc2)c(O)c1=O. The number of nitrogens with zero attached hydrogens (tertiary/aromatic N) is 4. The van der Waals surface area contributed by atoms with Crippen LogP contribution in [0.1, 0.15) is 60.4 Å². The van der Waals surface area contributed by atoms with E-state index in [9.17, 15) is 28.7 Å². The van der Waals surface area contributed by atoms with Crippen molar-refractivity contribution in [3.05, 3.63) is 57.5 Å². The molecule has 0 radical (unpaired) electrons. The molecule has 3 aliphatic heterocycles. The fraction of sp³-hybridized carbons (Fsp3) is 0.536. The van der Waals surface area contributed by atoms with Gasteiger partial charge in [0.05, 0.1) is 6.10 Å². The smallest absolute Gasteiger partial charge is 0.312 e. The van der Waals surface area contributed by atoms with Gasteiger partial charge in [0.2, 0.25) is 5.75 Å². The minimum atomic E-state index is -1.11. The number of hydrogen-bond donors (Lipinski definition) is 2. The highest BCUT2D eigenvalue weighted by molar-refractivity contribution is 6.35. The third-order valence-corrected chi connectivity index (χ3v) is 8.49. The maximum absolute atomic E-state index is 13.5. The molecule has 1 aromatic carbocycles. The first-order valence-electron chi connectivity index (χ1n) is 13.6. The van der Waals surface area contributed by atoms with E-state index in [1.807, 2.05) is 0 Å². The Balaban J connectivity index is 1.45. The highest BCUT2D eigenvalue weighted by Gasteiger charge is 2.50. The fourth-order valence-corrected chi connectivity index (χ4v) is 6.08. The zero-order valence-corrected chi connectivity index (χ0v) is 22.7. The summed E-state index contributed by atoms with van der Waals surface area (Å²) in [6.07, 6.45) is 3.91.